The van der Waals surface area contributed by atoms with E-state index in [0.717, 1.165) is 12.0 Å². The Morgan fingerprint density at radius 2 is 1.95 bits per heavy atom. The highest BCUT2D eigenvalue weighted by Gasteiger charge is 2.19. The highest BCUT2D eigenvalue weighted by Crippen LogP contribution is 2.49. The van der Waals surface area contributed by atoms with Gasteiger partial charge >= 0.3 is 7.60 Å². The van der Waals surface area contributed by atoms with Crippen molar-refractivity contribution in [3.05, 3.63) is 23.5 Å². The highest BCUT2D eigenvalue weighted by molar-refractivity contribution is 7.57. The van der Waals surface area contributed by atoms with E-state index >= 15 is 0 Å². The van der Waals surface area contributed by atoms with Gasteiger partial charge in [0.05, 0.1) is 13.2 Å². The molecule has 0 aromatic heterocycles. The molecular formula is C14H23O4P. The molecule has 1 rings (SSSR count). The van der Waals surface area contributed by atoms with Crippen molar-refractivity contribution in [3.8, 4) is 0 Å². The van der Waals surface area contributed by atoms with Crippen LogP contribution >= 0.6 is 7.60 Å². The van der Waals surface area contributed by atoms with Gasteiger partial charge in [-0.15, -0.1) is 0 Å². The first kappa shape index (κ1) is 16.4. The number of allylic oxidation sites excluding steroid dienone is 3. The average molecular weight is 286 g/mol. The quantitative estimate of drug-likeness (QED) is 0.662. The Morgan fingerprint density at radius 1 is 1.32 bits per heavy atom. The molecule has 0 heterocycles. The van der Waals surface area contributed by atoms with Crippen molar-refractivity contribution >= 4 is 13.4 Å². The molecule has 4 nitrogen and oxygen atoms in total. The van der Waals surface area contributed by atoms with E-state index in [1.807, 2.05) is 0 Å². The minimum atomic E-state index is -3.11. The molecule has 0 saturated heterocycles. The van der Waals surface area contributed by atoms with Crippen molar-refractivity contribution in [2.24, 2.45) is 5.92 Å². The summed E-state index contributed by atoms with van der Waals surface area (Å²) in [5.74, 6) is 2.08. The van der Waals surface area contributed by atoms with E-state index in [-0.39, 0.29) is 5.78 Å². The van der Waals surface area contributed by atoms with Crippen LogP contribution in [0.4, 0.5) is 0 Å². The van der Waals surface area contributed by atoms with Crippen molar-refractivity contribution in [2.75, 3.05) is 13.2 Å². The van der Waals surface area contributed by atoms with Gasteiger partial charge in [0.25, 0.3) is 0 Å². The van der Waals surface area contributed by atoms with Gasteiger partial charge in [-0.25, -0.2) is 0 Å². The fraction of sp³-hybridized carbons (Fsp3) is 0.643. The van der Waals surface area contributed by atoms with Crippen LogP contribution in [0.2, 0.25) is 0 Å². The summed E-state index contributed by atoms with van der Waals surface area (Å²) < 4.78 is 22.5. The van der Waals surface area contributed by atoms with Crippen LogP contribution < -0.4 is 0 Å². The number of carbonyl (C=O) groups excluding carboxylic acids is 1. The lowest BCUT2D eigenvalue weighted by atomic mass is 9.88. The molecule has 0 spiro atoms. The third-order valence-electron chi connectivity index (χ3n) is 2.81. The monoisotopic (exact) mass is 286 g/mol. The lowest BCUT2D eigenvalue weighted by molar-refractivity contribution is -0.115. The van der Waals surface area contributed by atoms with Gasteiger partial charge in [0.1, 0.15) is 0 Å². The van der Waals surface area contributed by atoms with Gasteiger partial charge in [0.15, 0.2) is 5.78 Å². The van der Waals surface area contributed by atoms with Crippen molar-refractivity contribution in [1.82, 2.24) is 0 Å². The van der Waals surface area contributed by atoms with Crippen LogP contribution in [0.5, 0.6) is 0 Å². The van der Waals surface area contributed by atoms with Gasteiger partial charge in [-0.3, -0.25) is 9.36 Å². The molecular weight excluding hydrogens is 263 g/mol. The van der Waals surface area contributed by atoms with Crippen molar-refractivity contribution in [3.63, 3.8) is 0 Å². The topological polar surface area (TPSA) is 52.6 Å². The molecule has 0 aliphatic heterocycles. The molecule has 0 saturated carbocycles. The zero-order chi connectivity index (χ0) is 14.3. The van der Waals surface area contributed by atoms with Crippen LogP contribution in [0.15, 0.2) is 23.5 Å². The Balaban J connectivity index is 2.61. The normalized spacial score (nSPS) is 20.9. The minimum absolute atomic E-state index is 0.181. The summed E-state index contributed by atoms with van der Waals surface area (Å²) in [4.78, 5) is 11.4. The molecule has 1 unspecified atom stereocenters. The summed E-state index contributed by atoms with van der Waals surface area (Å²) in [6.45, 7) is 6.33. The number of carbonyl (C=O) groups is 1. The zero-order valence-corrected chi connectivity index (χ0v) is 12.8. The van der Waals surface area contributed by atoms with E-state index in [0.29, 0.717) is 32.0 Å². The van der Waals surface area contributed by atoms with E-state index in [2.05, 4.69) is 6.92 Å². The molecule has 0 bridgehead atoms. The van der Waals surface area contributed by atoms with Crippen LogP contribution in [-0.4, -0.2) is 19.0 Å². The van der Waals surface area contributed by atoms with Crippen LogP contribution in [0.1, 0.15) is 40.0 Å². The van der Waals surface area contributed by atoms with E-state index in [1.54, 1.807) is 26.0 Å². The van der Waals surface area contributed by atoms with Crippen molar-refractivity contribution in [1.29, 1.82) is 0 Å². The van der Waals surface area contributed by atoms with Crippen LogP contribution in [0.3, 0.4) is 0 Å². The number of hydrogen-bond acceptors (Lipinski definition) is 4. The summed E-state index contributed by atoms with van der Waals surface area (Å²) in [5.41, 5.74) is 1.08. The van der Waals surface area contributed by atoms with Crippen LogP contribution in [0.25, 0.3) is 0 Å². The summed E-state index contributed by atoms with van der Waals surface area (Å²) in [6, 6.07) is 0. The predicted molar refractivity (Wildman–Crippen MR) is 76.1 cm³/mol. The first-order chi connectivity index (χ1) is 8.99. The van der Waals surface area contributed by atoms with Crippen LogP contribution in [-0.2, 0) is 18.4 Å². The number of ketones is 1. The highest BCUT2D eigenvalue weighted by atomic mass is 31.2. The van der Waals surface area contributed by atoms with Crippen molar-refractivity contribution < 1.29 is 18.4 Å². The molecule has 1 atom stereocenters. The Bertz CT molecular complexity index is 402. The Labute approximate surface area is 115 Å². The maximum absolute atomic E-state index is 12.2. The third kappa shape index (κ3) is 5.85. The fourth-order valence-electron chi connectivity index (χ4n) is 2.17. The van der Waals surface area contributed by atoms with Gasteiger partial charge in [0.2, 0.25) is 0 Å². The first-order valence-electron chi connectivity index (χ1n) is 6.78. The Morgan fingerprint density at radius 3 is 2.47 bits per heavy atom. The fourth-order valence-corrected chi connectivity index (χ4v) is 3.50. The molecule has 1 aliphatic rings. The van der Waals surface area contributed by atoms with Gasteiger partial charge in [-0.05, 0) is 38.7 Å². The number of rotatable bonds is 7. The first-order valence-corrected chi connectivity index (χ1v) is 8.39. The van der Waals surface area contributed by atoms with Crippen LogP contribution in [0, 0.1) is 5.92 Å². The SMILES string of the molecule is CCOP(=O)(/C=C/CC1=CC(=O)CC(C)C1)OCC. The smallest absolute Gasteiger partial charge is 0.306 e. The largest absolute Gasteiger partial charge is 0.353 e. The molecule has 5 heteroatoms. The minimum Gasteiger partial charge on any atom is -0.306 e. The van der Waals surface area contributed by atoms with Gasteiger partial charge in [-0.1, -0.05) is 18.6 Å². The number of hydrogen-bond donors (Lipinski definition) is 0. The van der Waals surface area contributed by atoms with Gasteiger partial charge < -0.3 is 9.05 Å². The molecule has 0 aromatic rings. The van der Waals surface area contributed by atoms with Crippen molar-refractivity contribution in [2.45, 2.75) is 40.0 Å². The van der Waals surface area contributed by atoms with E-state index in [1.165, 1.54) is 5.82 Å². The van der Waals surface area contributed by atoms with Gasteiger partial charge in [-0.2, -0.15) is 0 Å². The maximum atomic E-state index is 12.2. The molecule has 19 heavy (non-hydrogen) atoms. The standard InChI is InChI=1S/C14H23O4P/c1-4-17-19(16,18-5-2)8-6-7-13-9-12(3)10-14(15)11-13/h6,8,11-12H,4-5,7,9-10H2,1-3H3/b8-6+. The van der Waals surface area contributed by atoms with E-state index < -0.39 is 7.60 Å². The van der Waals surface area contributed by atoms with E-state index in [4.69, 9.17) is 9.05 Å². The second kappa shape index (κ2) is 7.78. The lowest BCUT2D eigenvalue weighted by Crippen LogP contribution is -2.10. The molecule has 0 fully saturated rings. The molecule has 108 valence electrons. The zero-order valence-electron chi connectivity index (χ0n) is 11.9. The van der Waals surface area contributed by atoms with Gasteiger partial charge in [0, 0.05) is 12.2 Å². The average Bonchev–Trinajstić information content (AvgIpc) is 2.28. The second-order valence-electron chi connectivity index (χ2n) is 4.75. The lowest BCUT2D eigenvalue weighted by Gasteiger charge is -2.17. The molecule has 1 aliphatic carbocycles. The summed E-state index contributed by atoms with van der Waals surface area (Å²) in [7, 11) is -3.11. The summed E-state index contributed by atoms with van der Waals surface area (Å²) >= 11 is 0. The predicted octanol–water partition coefficient (Wildman–Crippen LogP) is 4.08. The molecule has 0 aromatic carbocycles. The Kier molecular flexibility index (Phi) is 6.70. The Hall–Kier alpha value is -0.700. The van der Waals surface area contributed by atoms with E-state index in [9.17, 15) is 9.36 Å². The third-order valence-corrected chi connectivity index (χ3v) is 4.62. The summed E-state index contributed by atoms with van der Waals surface area (Å²) in [6.07, 6.45) is 5.66. The summed E-state index contributed by atoms with van der Waals surface area (Å²) in [5, 5.41) is 0. The molecule has 0 amide bonds. The molecule has 0 radical (unpaired) electrons. The molecule has 0 N–H and O–H groups in total. The maximum Gasteiger partial charge on any atom is 0.353 e. The second-order valence-corrected chi connectivity index (χ2v) is 6.64.